The zero-order chi connectivity index (χ0) is 21.9. The highest BCUT2D eigenvalue weighted by molar-refractivity contribution is 7.00. The zero-order valence-electron chi connectivity index (χ0n) is 19.3. The maximum atomic E-state index is 4.97. The Kier molecular flexibility index (Phi) is 4.96. The van der Waals surface area contributed by atoms with Crippen molar-refractivity contribution in [2.75, 3.05) is 18.0 Å². The van der Waals surface area contributed by atoms with Crippen LogP contribution in [-0.4, -0.2) is 36.4 Å². The van der Waals surface area contributed by atoms with Crippen LogP contribution in [0, 0.1) is 40.5 Å². The molecule has 1 aliphatic carbocycles. The summed E-state index contributed by atoms with van der Waals surface area (Å²) < 4.78 is 11.5. The first-order chi connectivity index (χ1) is 14.9. The molecular formula is C24H30N6S. The minimum absolute atomic E-state index is 0.806. The van der Waals surface area contributed by atoms with E-state index in [1.165, 1.54) is 52.3 Å². The second kappa shape index (κ2) is 7.55. The number of rotatable bonds is 6. The van der Waals surface area contributed by atoms with E-state index in [-0.39, 0.29) is 0 Å². The van der Waals surface area contributed by atoms with E-state index < -0.39 is 0 Å². The highest BCUT2D eigenvalue weighted by Gasteiger charge is 2.28. The molecule has 0 unspecified atom stereocenters. The first kappa shape index (κ1) is 20.4. The van der Waals surface area contributed by atoms with Crippen molar-refractivity contribution in [1.29, 1.82) is 0 Å². The van der Waals surface area contributed by atoms with Gasteiger partial charge in [-0.1, -0.05) is 13.0 Å². The molecule has 3 heterocycles. The first-order valence-electron chi connectivity index (χ1n) is 11.2. The van der Waals surface area contributed by atoms with Gasteiger partial charge in [-0.3, -0.25) is 4.57 Å². The van der Waals surface area contributed by atoms with Crippen molar-refractivity contribution in [3.63, 3.8) is 0 Å². The average Bonchev–Trinajstić information content (AvgIpc) is 3.34. The second-order valence-corrected chi connectivity index (χ2v) is 9.58. The van der Waals surface area contributed by atoms with Gasteiger partial charge >= 0.3 is 0 Å². The van der Waals surface area contributed by atoms with Crippen LogP contribution < -0.4 is 4.90 Å². The van der Waals surface area contributed by atoms with Crippen LogP contribution in [0.1, 0.15) is 54.4 Å². The Morgan fingerprint density at radius 3 is 2.48 bits per heavy atom. The summed E-state index contributed by atoms with van der Waals surface area (Å²) in [7, 11) is 0. The van der Waals surface area contributed by atoms with E-state index in [9.17, 15) is 0 Å². The number of nitrogens with zero attached hydrogens (tertiary/aromatic N) is 6. The number of benzene rings is 1. The highest BCUT2D eigenvalue weighted by atomic mass is 32.1. The van der Waals surface area contributed by atoms with Gasteiger partial charge in [0, 0.05) is 18.8 Å². The normalized spacial score (nSPS) is 14.1. The smallest absolute Gasteiger partial charge is 0.150 e. The molecule has 0 amide bonds. The zero-order valence-corrected chi connectivity index (χ0v) is 20.1. The summed E-state index contributed by atoms with van der Waals surface area (Å²) in [5.74, 6) is 2.71. The Morgan fingerprint density at radius 1 is 1.03 bits per heavy atom. The number of hydrogen-bond acceptors (Lipinski definition) is 6. The number of aromatic nitrogens is 5. The van der Waals surface area contributed by atoms with E-state index in [1.54, 1.807) is 0 Å². The van der Waals surface area contributed by atoms with Crippen LogP contribution in [0.4, 0.5) is 5.82 Å². The summed E-state index contributed by atoms with van der Waals surface area (Å²) >= 11 is 1.28. The Balaban J connectivity index is 1.82. The summed E-state index contributed by atoms with van der Waals surface area (Å²) in [6.45, 7) is 15.0. The molecule has 6 nitrogen and oxygen atoms in total. The minimum atomic E-state index is 0.806. The van der Waals surface area contributed by atoms with Crippen molar-refractivity contribution in [1.82, 2.24) is 23.3 Å². The molecule has 1 fully saturated rings. The molecule has 3 aromatic heterocycles. The van der Waals surface area contributed by atoms with Gasteiger partial charge in [0.25, 0.3) is 0 Å². The topological polar surface area (TPSA) is 59.7 Å². The Labute approximate surface area is 187 Å². The molecule has 162 valence electrons. The van der Waals surface area contributed by atoms with Gasteiger partial charge in [0.05, 0.1) is 22.8 Å². The van der Waals surface area contributed by atoms with E-state index in [4.69, 9.17) is 9.97 Å². The molecular weight excluding hydrogens is 404 g/mol. The van der Waals surface area contributed by atoms with Gasteiger partial charge in [-0.15, -0.1) is 0 Å². The second-order valence-electron chi connectivity index (χ2n) is 9.05. The van der Waals surface area contributed by atoms with Crippen molar-refractivity contribution in [3.8, 4) is 5.69 Å². The molecule has 1 saturated carbocycles. The van der Waals surface area contributed by atoms with Gasteiger partial charge in [-0.05, 0) is 76.5 Å². The van der Waals surface area contributed by atoms with Crippen molar-refractivity contribution >= 4 is 39.6 Å². The van der Waals surface area contributed by atoms with Gasteiger partial charge < -0.3 is 4.90 Å². The summed E-state index contributed by atoms with van der Waals surface area (Å²) in [5, 5.41) is 1.17. The van der Waals surface area contributed by atoms with E-state index in [0.29, 0.717) is 0 Å². The van der Waals surface area contributed by atoms with Gasteiger partial charge in [-0.25, -0.2) is 9.97 Å². The van der Waals surface area contributed by atoms with Crippen LogP contribution in [0.2, 0.25) is 0 Å². The van der Waals surface area contributed by atoms with E-state index in [1.807, 2.05) is 6.92 Å². The highest BCUT2D eigenvalue weighted by Crippen LogP contribution is 2.38. The molecule has 0 bridgehead atoms. The third-order valence-corrected chi connectivity index (χ3v) is 7.06. The Morgan fingerprint density at radius 2 is 1.77 bits per heavy atom. The van der Waals surface area contributed by atoms with Gasteiger partial charge in [0.2, 0.25) is 0 Å². The fourth-order valence-corrected chi connectivity index (χ4v) is 5.36. The third kappa shape index (κ3) is 3.30. The number of aryl methyl sites for hydroxylation is 4. The van der Waals surface area contributed by atoms with Crippen LogP contribution in [0.5, 0.6) is 0 Å². The van der Waals surface area contributed by atoms with E-state index in [2.05, 4.69) is 58.9 Å². The summed E-state index contributed by atoms with van der Waals surface area (Å²) in [6, 6.07) is 2.21. The predicted octanol–water partition coefficient (Wildman–Crippen LogP) is 5.59. The van der Waals surface area contributed by atoms with Crippen LogP contribution in [-0.2, 0) is 0 Å². The number of anilines is 1. The molecule has 0 spiro atoms. The van der Waals surface area contributed by atoms with Crippen LogP contribution >= 0.6 is 11.7 Å². The molecule has 0 radical (unpaired) electrons. The van der Waals surface area contributed by atoms with Crippen molar-refractivity contribution < 1.29 is 0 Å². The summed E-state index contributed by atoms with van der Waals surface area (Å²) in [6.07, 6.45) is 3.78. The average molecular weight is 435 g/mol. The standard InChI is InChI=1S/C24H30N6S/c1-7-10-29(12-18-8-9-18)23-19-15(4)16(5)30(24(19)26-17(6)25-23)22-14(3)11-13(2)20-21(22)28-31-27-20/h11,18H,7-10,12H2,1-6H3. The molecule has 0 aliphatic heterocycles. The molecule has 0 atom stereocenters. The van der Waals surface area contributed by atoms with Gasteiger partial charge in [0.15, 0.2) is 5.65 Å². The fraction of sp³-hybridized carbons (Fsp3) is 0.500. The largest absolute Gasteiger partial charge is 0.356 e. The fourth-order valence-electron chi connectivity index (χ4n) is 4.75. The van der Waals surface area contributed by atoms with Crippen molar-refractivity contribution in [2.45, 2.75) is 60.8 Å². The lowest BCUT2D eigenvalue weighted by Crippen LogP contribution is -2.28. The molecule has 0 N–H and O–H groups in total. The SMILES string of the molecule is CCCN(CC1CC1)c1nc(C)nc2c1c(C)c(C)n2-c1c(C)cc(C)c2nsnc12. The minimum Gasteiger partial charge on any atom is -0.356 e. The quantitative estimate of drug-likeness (QED) is 0.396. The summed E-state index contributed by atoms with van der Waals surface area (Å²) in [4.78, 5) is 12.4. The molecule has 5 rings (SSSR count). The molecule has 1 aliphatic rings. The summed E-state index contributed by atoms with van der Waals surface area (Å²) in [5.41, 5.74) is 8.83. The van der Waals surface area contributed by atoms with E-state index in [0.717, 1.165) is 59.4 Å². The Bertz CT molecular complexity index is 1300. The number of hydrogen-bond donors (Lipinski definition) is 0. The molecule has 31 heavy (non-hydrogen) atoms. The van der Waals surface area contributed by atoms with Gasteiger partial charge in [0.1, 0.15) is 22.7 Å². The maximum Gasteiger partial charge on any atom is 0.150 e. The predicted molar refractivity (Wildman–Crippen MR) is 129 cm³/mol. The Hall–Kier alpha value is -2.54. The maximum absolute atomic E-state index is 4.97. The lowest BCUT2D eigenvalue weighted by molar-refractivity contribution is 0.699. The lowest BCUT2D eigenvalue weighted by atomic mass is 10.1. The lowest BCUT2D eigenvalue weighted by Gasteiger charge is -2.24. The van der Waals surface area contributed by atoms with Crippen LogP contribution in [0.25, 0.3) is 27.8 Å². The molecule has 4 aromatic rings. The molecule has 0 saturated heterocycles. The van der Waals surface area contributed by atoms with Crippen LogP contribution in [0.15, 0.2) is 6.07 Å². The van der Waals surface area contributed by atoms with Crippen LogP contribution in [0.3, 0.4) is 0 Å². The van der Waals surface area contributed by atoms with E-state index >= 15 is 0 Å². The molecule has 7 heteroatoms. The van der Waals surface area contributed by atoms with Gasteiger partial charge in [-0.2, -0.15) is 8.75 Å². The third-order valence-electron chi connectivity index (χ3n) is 6.53. The van der Waals surface area contributed by atoms with Crippen molar-refractivity contribution in [2.24, 2.45) is 5.92 Å². The monoisotopic (exact) mass is 434 g/mol. The molecule has 1 aromatic carbocycles. The van der Waals surface area contributed by atoms with Crippen molar-refractivity contribution in [3.05, 3.63) is 34.3 Å². The number of fused-ring (bicyclic) bond motifs is 2. The first-order valence-corrected chi connectivity index (χ1v) is 12.0.